The third-order valence-corrected chi connectivity index (χ3v) is 13.1. The van der Waals surface area contributed by atoms with Crippen LogP contribution in [0.3, 0.4) is 0 Å². The summed E-state index contributed by atoms with van der Waals surface area (Å²) in [4.78, 5) is 139. The number of carbonyl (C=O) groups is 10. The summed E-state index contributed by atoms with van der Waals surface area (Å²) in [5.74, 6) is -8.08. The lowest BCUT2D eigenvalue weighted by Gasteiger charge is -2.33. The summed E-state index contributed by atoms with van der Waals surface area (Å²) >= 11 is 0. The van der Waals surface area contributed by atoms with Crippen molar-refractivity contribution in [1.82, 2.24) is 53.2 Å². The topological polar surface area (TPSA) is 443 Å². The van der Waals surface area contributed by atoms with Crippen molar-refractivity contribution in [3.63, 3.8) is 0 Å². The van der Waals surface area contributed by atoms with Crippen LogP contribution in [0, 0.1) is 5.92 Å². The fourth-order valence-electron chi connectivity index (χ4n) is 8.54. The van der Waals surface area contributed by atoms with E-state index in [2.05, 4.69) is 53.2 Å². The summed E-state index contributed by atoms with van der Waals surface area (Å²) in [6.07, 6.45) is -1.91. The summed E-state index contributed by atoms with van der Waals surface area (Å²) in [7, 11) is 0. The van der Waals surface area contributed by atoms with E-state index in [0.717, 1.165) is 12.8 Å². The van der Waals surface area contributed by atoms with Gasteiger partial charge < -0.3 is 94.9 Å². The van der Waals surface area contributed by atoms with Crippen LogP contribution in [0.25, 0.3) is 0 Å². The minimum Gasteiger partial charge on any atom is -0.456 e. The number of furan rings is 1. The molecule has 9 amide bonds. The predicted octanol–water partition coefficient (Wildman–Crippen LogP) is -5.21. The molecule has 432 valence electrons. The van der Waals surface area contributed by atoms with Gasteiger partial charge in [0.05, 0.1) is 18.8 Å². The highest BCUT2D eigenvalue weighted by molar-refractivity contribution is 5.99. The first-order valence-corrected chi connectivity index (χ1v) is 26.2. The Bertz CT molecular complexity index is 2370. The molecule has 11 atom stereocenters. The molecule has 1 saturated carbocycles. The fourth-order valence-corrected chi connectivity index (χ4v) is 8.54. The van der Waals surface area contributed by atoms with Crippen molar-refractivity contribution in [3.05, 3.63) is 59.5 Å². The summed E-state index contributed by atoms with van der Waals surface area (Å²) in [5, 5.41) is 57.3. The summed E-state index contributed by atoms with van der Waals surface area (Å²) < 4.78 is 5.61. The van der Waals surface area contributed by atoms with Crippen molar-refractivity contribution in [2.75, 3.05) is 39.3 Å². The number of aliphatic hydroxyl groups excluding tert-OH is 3. The standard InChI is InChI=1S/C51H79N13O14/c1-27(2)22-35-44(71)58-33(15-19-53)47(74)64-51(26-66,17-20-54)25-56-40(28(3)67)49(76)55-21-16-34(43(70)57-32(14-18-52)42(69)61-36(45(72)60-35)23-30-8-6-5-7-9-30)59-46(73)37(24-65)62-50(77)41(29(4)68)63-48(75)39-13-12-38(78-39)31-10-11-31/h5-9,12-13,26-29,31-37,40-41,56,65,67-68H,10-11,14-25,52-54H2,1-4H3,(H,55,76)(H,57,70)(H,58,71)(H,59,73)(H,60,72)(H,61,69)(H,62,77)(H,63,75)(H,64,74)/t28-,29-,32+,33+,34+,35+,36-,37-,40+,41+,51+/m1/s1. The van der Waals surface area contributed by atoms with Gasteiger partial charge in [-0.25, -0.2) is 0 Å². The maximum atomic E-state index is 14.4. The Labute approximate surface area is 452 Å². The normalized spacial score (nSPS) is 25.1. The summed E-state index contributed by atoms with van der Waals surface area (Å²) in [6.45, 7) is 3.58. The number of hydrogen-bond acceptors (Lipinski definition) is 18. The van der Waals surface area contributed by atoms with Gasteiger partial charge in [0, 0.05) is 25.4 Å². The predicted molar refractivity (Wildman–Crippen MR) is 281 cm³/mol. The average Bonchev–Trinajstić information content (AvgIpc) is 4.13. The van der Waals surface area contributed by atoms with Gasteiger partial charge in [0.25, 0.3) is 5.91 Å². The molecule has 27 heteroatoms. The lowest BCUT2D eigenvalue weighted by molar-refractivity contribution is -0.136. The number of nitrogens with one attached hydrogen (secondary N) is 10. The van der Waals surface area contributed by atoms with Crippen molar-refractivity contribution in [2.45, 2.75) is 151 Å². The van der Waals surface area contributed by atoms with E-state index in [1.165, 1.54) is 19.9 Å². The zero-order valence-electron chi connectivity index (χ0n) is 44.5. The van der Waals surface area contributed by atoms with Crippen LogP contribution in [0.15, 0.2) is 46.9 Å². The molecular formula is C51H79N13O14. The molecule has 19 N–H and O–H groups in total. The Hall–Kier alpha value is -6.88. The van der Waals surface area contributed by atoms with Crippen molar-refractivity contribution in [3.8, 4) is 0 Å². The third kappa shape index (κ3) is 19.2. The van der Waals surface area contributed by atoms with E-state index in [-0.39, 0.29) is 69.3 Å². The first-order valence-electron chi connectivity index (χ1n) is 26.2. The molecule has 78 heavy (non-hydrogen) atoms. The number of nitrogens with two attached hydrogens (primary N) is 3. The number of benzene rings is 1. The highest BCUT2D eigenvalue weighted by atomic mass is 16.4. The molecule has 0 radical (unpaired) electrons. The van der Waals surface area contributed by atoms with Crippen LogP contribution >= 0.6 is 0 Å². The molecule has 0 unspecified atom stereocenters. The molecule has 2 aliphatic rings. The van der Waals surface area contributed by atoms with E-state index < -0.39 is 145 Å². The molecule has 0 spiro atoms. The lowest BCUT2D eigenvalue weighted by Crippen LogP contribution is -2.64. The monoisotopic (exact) mass is 1100 g/mol. The van der Waals surface area contributed by atoms with Crippen molar-refractivity contribution < 1.29 is 67.7 Å². The van der Waals surface area contributed by atoms with Gasteiger partial charge in [-0.2, -0.15) is 0 Å². The van der Waals surface area contributed by atoms with Gasteiger partial charge in [-0.1, -0.05) is 44.2 Å². The second-order valence-corrected chi connectivity index (χ2v) is 20.2. The highest BCUT2D eigenvalue weighted by Crippen LogP contribution is 2.40. The van der Waals surface area contributed by atoms with Crippen LogP contribution in [0.1, 0.15) is 100 Å². The van der Waals surface area contributed by atoms with E-state index in [9.17, 15) is 63.3 Å². The number of hydrogen-bond donors (Lipinski definition) is 16. The van der Waals surface area contributed by atoms with Gasteiger partial charge in [0.15, 0.2) is 5.76 Å². The number of amides is 9. The molecule has 0 bridgehead atoms. The number of rotatable bonds is 21. The Kier molecular flexibility index (Phi) is 25.2. The average molecular weight is 1100 g/mol. The molecule has 27 nitrogen and oxygen atoms in total. The summed E-state index contributed by atoms with van der Waals surface area (Å²) in [5.41, 5.74) is 16.5. The Morgan fingerprint density at radius 2 is 1.35 bits per heavy atom. The Morgan fingerprint density at radius 3 is 1.92 bits per heavy atom. The van der Waals surface area contributed by atoms with Crippen molar-refractivity contribution >= 4 is 59.5 Å². The maximum Gasteiger partial charge on any atom is 0.287 e. The summed E-state index contributed by atoms with van der Waals surface area (Å²) in [6, 6.07) is -0.681. The first-order chi connectivity index (χ1) is 37.1. The van der Waals surface area contributed by atoms with Crippen LogP contribution in [-0.4, -0.2) is 180 Å². The van der Waals surface area contributed by atoms with Crippen LogP contribution < -0.4 is 70.4 Å². The van der Waals surface area contributed by atoms with Gasteiger partial charge in [0.1, 0.15) is 65.9 Å². The molecule has 2 heterocycles. The van der Waals surface area contributed by atoms with Gasteiger partial charge >= 0.3 is 0 Å². The Morgan fingerprint density at radius 1 is 0.744 bits per heavy atom. The van der Waals surface area contributed by atoms with Crippen molar-refractivity contribution in [2.24, 2.45) is 23.1 Å². The van der Waals surface area contributed by atoms with E-state index in [4.69, 9.17) is 21.6 Å². The van der Waals surface area contributed by atoms with Crippen LogP contribution in [-0.2, 0) is 49.6 Å². The quantitative estimate of drug-likeness (QED) is 0.0520. The highest BCUT2D eigenvalue weighted by Gasteiger charge is 2.39. The Balaban J connectivity index is 1.72. The number of aldehydes is 1. The molecule has 1 saturated heterocycles. The zero-order valence-corrected chi connectivity index (χ0v) is 44.5. The second kappa shape index (κ2) is 30.9. The third-order valence-electron chi connectivity index (χ3n) is 13.1. The van der Waals surface area contributed by atoms with Crippen LogP contribution in [0.4, 0.5) is 0 Å². The van der Waals surface area contributed by atoms with Gasteiger partial charge in [-0.3, -0.25) is 43.2 Å². The number of carbonyl (C=O) groups excluding carboxylic acids is 10. The fraction of sp³-hybridized carbons (Fsp3) is 0.608. The largest absolute Gasteiger partial charge is 0.456 e. The van der Waals surface area contributed by atoms with E-state index >= 15 is 0 Å². The lowest BCUT2D eigenvalue weighted by atomic mass is 9.94. The van der Waals surface area contributed by atoms with E-state index in [1.54, 1.807) is 50.2 Å². The molecular weight excluding hydrogens is 1020 g/mol. The van der Waals surface area contributed by atoms with Gasteiger partial charge in [0.2, 0.25) is 47.3 Å². The smallest absolute Gasteiger partial charge is 0.287 e. The molecule has 1 aromatic heterocycles. The van der Waals surface area contributed by atoms with E-state index in [1.807, 2.05) is 0 Å². The molecule has 2 fully saturated rings. The number of aliphatic hydroxyl groups is 3. The van der Waals surface area contributed by atoms with E-state index in [0.29, 0.717) is 17.6 Å². The molecule has 1 aliphatic heterocycles. The van der Waals surface area contributed by atoms with Gasteiger partial charge in [-0.15, -0.1) is 0 Å². The SMILES string of the molecule is CC(C)C[C@@H]1NC(=O)[C@@H](Cc2ccccc2)NC(=O)[C@H](CCN)NC(=O)[C@@H](NC(=O)[C@@H](CO)NC(=O)[C@@H](NC(=O)c2ccc(C3CC3)o2)[C@@H](C)O)CCNC(=O)[C@H]([C@@H](C)O)NC[C@](C=O)(CCN)NC(=O)[C@H](CCN)NC1=O. The minimum atomic E-state index is -1.83. The molecule has 4 rings (SSSR count). The molecule has 1 aliphatic carbocycles. The van der Waals surface area contributed by atoms with Crippen LogP contribution in [0.5, 0.6) is 0 Å². The maximum absolute atomic E-state index is 14.4. The minimum absolute atomic E-state index is 0.0446. The second-order valence-electron chi connectivity index (χ2n) is 20.2. The zero-order chi connectivity index (χ0) is 57.7. The van der Waals surface area contributed by atoms with Gasteiger partial charge in [-0.05, 0) is 102 Å². The molecule has 2 aromatic rings. The first kappa shape index (κ1) is 63.7. The van der Waals surface area contributed by atoms with Crippen molar-refractivity contribution in [1.29, 1.82) is 0 Å². The van der Waals surface area contributed by atoms with Crippen LogP contribution in [0.2, 0.25) is 0 Å². The molecule has 1 aromatic carbocycles.